The van der Waals surface area contributed by atoms with E-state index in [-0.39, 0.29) is 22.5 Å². The standard InChI is InChI=1S/C16H24N2O6S/c1-6-10(2)15(16(20)24-5)18-25(21,22)12-7-8-13(17-11(3)19)14(9-12)23-4/h7-10,15,18H,6H2,1-5H3,(H,17,19)/t10-,15+/m0/s1. The molecule has 0 bridgehead atoms. The van der Waals surface area contributed by atoms with Gasteiger partial charge in [-0.3, -0.25) is 9.59 Å². The number of hydrogen-bond donors (Lipinski definition) is 2. The van der Waals surface area contributed by atoms with Crippen molar-refractivity contribution in [1.82, 2.24) is 4.72 Å². The van der Waals surface area contributed by atoms with Crippen molar-refractivity contribution in [3.05, 3.63) is 18.2 Å². The molecule has 25 heavy (non-hydrogen) atoms. The molecule has 140 valence electrons. The fraction of sp³-hybridized carbons (Fsp3) is 0.500. The molecular weight excluding hydrogens is 348 g/mol. The van der Waals surface area contributed by atoms with Gasteiger partial charge in [0.05, 0.1) is 24.8 Å². The third-order valence-electron chi connectivity index (χ3n) is 3.74. The molecule has 1 rings (SSSR count). The van der Waals surface area contributed by atoms with Crippen LogP contribution in [0.4, 0.5) is 5.69 Å². The summed E-state index contributed by atoms with van der Waals surface area (Å²) >= 11 is 0. The summed E-state index contributed by atoms with van der Waals surface area (Å²) in [4.78, 5) is 23.0. The van der Waals surface area contributed by atoms with Gasteiger partial charge in [-0.1, -0.05) is 20.3 Å². The molecule has 0 saturated carbocycles. The quantitative estimate of drug-likeness (QED) is 0.669. The van der Waals surface area contributed by atoms with Gasteiger partial charge in [0.15, 0.2) is 0 Å². The van der Waals surface area contributed by atoms with Gasteiger partial charge in [0.2, 0.25) is 15.9 Å². The highest BCUT2D eigenvalue weighted by Gasteiger charge is 2.30. The van der Waals surface area contributed by atoms with Gasteiger partial charge in [-0.15, -0.1) is 0 Å². The predicted molar refractivity (Wildman–Crippen MR) is 92.9 cm³/mol. The second kappa shape index (κ2) is 8.82. The number of carbonyl (C=O) groups excluding carboxylic acids is 2. The molecule has 0 spiro atoms. The van der Waals surface area contributed by atoms with Crippen molar-refractivity contribution in [2.75, 3.05) is 19.5 Å². The molecule has 0 aliphatic heterocycles. The number of amides is 1. The molecule has 0 aliphatic rings. The zero-order valence-corrected chi connectivity index (χ0v) is 15.8. The number of rotatable bonds is 8. The Labute approximate surface area is 147 Å². The summed E-state index contributed by atoms with van der Waals surface area (Å²) in [6.45, 7) is 4.93. The lowest BCUT2D eigenvalue weighted by Gasteiger charge is -2.22. The maximum Gasteiger partial charge on any atom is 0.324 e. The summed E-state index contributed by atoms with van der Waals surface area (Å²) in [6, 6.07) is 3.02. The Hall–Kier alpha value is -2.13. The molecule has 0 aliphatic carbocycles. The monoisotopic (exact) mass is 372 g/mol. The van der Waals surface area contributed by atoms with E-state index in [0.717, 1.165) is 0 Å². The third-order valence-corrected chi connectivity index (χ3v) is 5.18. The van der Waals surface area contributed by atoms with Crippen LogP contribution in [0.25, 0.3) is 0 Å². The molecule has 0 saturated heterocycles. The average Bonchev–Trinajstić information content (AvgIpc) is 2.58. The molecule has 1 aromatic carbocycles. The van der Waals surface area contributed by atoms with E-state index in [0.29, 0.717) is 12.1 Å². The van der Waals surface area contributed by atoms with Gasteiger partial charge in [-0.2, -0.15) is 4.72 Å². The number of esters is 1. The Morgan fingerprint density at radius 2 is 1.88 bits per heavy atom. The Morgan fingerprint density at radius 1 is 1.24 bits per heavy atom. The highest BCUT2D eigenvalue weighted by Crippen LogP contribution is 2.28. The molecular formula is C16H24N2O6S. The Balaban J connectivity index is 3.20. The van der Waals surface area contributed by atoms with Crippen molar-refractivity contribution < 1.29 is 27.5 Å². The van der Waals surface area contributed by atoms with Crippen LogP contribution in [-0.4, -0.2) is 40.6 Å². The van der Waals surface area contributed by atoms with Crippen LogP contribution in [-0.2, 0) is 24.3 Å². The highest BCUT2D eigenvalue weighted by atomic mass is 32.2. The van der Waals surface area contributed by atoms with Gasteiger partial charge < -0.3 is 14.8 Å². The molecule has 2 N–H and O–H groups in total. The van der Waals surface area contributed by atoms with E-state index < -0.39 is 22.0 Å². The van der Waals surface area contributed by atoms with Gasteiger partial charge >= 0.3 is 5.97 Å². The van der Waals surface area contributed by atoms with Crippen LogP contribution >= 0.6 is 0 Å². The van der Waals surface area contributed by atoms with Gasteiger partial charge in [0.25, 0.3) is 0 Å². The van der Waals surface area contributed by atoms with Crippen LogP contribution in [0.2, 0.25) is 0 Å². The maximum atomic E-state index is 12.6. The first-order chi connectivity index (χ1) is 11.7. The van der Waals surface area contributed by atoms with Crippen LogP contribution in [0.5, 0.6) is 5.75 Å². The van der Waals surface area contributed by atoms with Crippen LogP contribution < -0.4 is 14.8 Å². The van der Waals surface area contributed by atoms with Crippen molar-refractivity contribution in [2.24, 2.45) is 5.92 Å². The summed E-state index contributed by atoms with van der Waals surface area (Å²) in [6.07, 6.45) is 0.590. The van der Waals surface area contributed by atoms with E-state index in [1.165, 1.54) is 39.3 Å². The summed E-state index contributed by atoms with van der Waals surface area (Å²) in [5.41, 5.74) is 0.348. The fourth-order valence-corrected chi connectivity index (χ4v) is 3.43. The van der Waals surface area contributed by atoms with Crippen LogP contribution in [0.1, 0.15) is 27.2 Å². The van der Waals surface area contributed by atoms with Gasteiger partial charge in [0.1, 0.15) is 11.8 Å². The van der Waals surface area contributed by atoms with Crippen LogP contribution in [0.3, 0.4) is 0 Å². The Morgan fingerprint density at radius 3 is 2.36 bits per heavy atom. The van der Waals surface area contributed by atoms with Crippen LogP contribution in [0.15, 0.2) is 23.1 Å². The Kier molecular flexibility index (Phi) is 7.38. The average molecular weight is 372 g/mol. The van der Waals surface area contributed by atoms with Crippen molar-refractivity contribution >= 4 is 27.6 Å². The van der Waals surface area contributed by atoms with E-state index in [1.54, 1.807) is 6.92 Å². The molecule has 0 fully saturated rings. The number of benzene rings is 1. The zero-order valence-electron chi connectivity index (χ0n) is 15.0. The third kappa shape index (κ3) is 5.43. The van der Waals surface area contributed by atoms with Gasteiger partial charge in [0, 0.05) is 13.0 Å². The van der Waals surface area contributed by atoms with E-state index in [4.69, 9.17) is 4.74 Å². The number of ether oxygens (including phenoxy) is 2. The molecule has 0 unspecified atom stereocenters. The minimum absolute atomic E-state index is 0.0874. The van der Waals surface area contributed by atoms with E-state index >= 15 is 0 Å². The summed E-state index contributed by atoms with van der Waals surface area (Å²) in [7, 11) is -1.42. The number of nitrogens with one attached hydrogen (secondary N) is 2. The molecule has 0 radical (unpaired) electrons. The predicted octanol–water partition coefficient (Wildman–Crippen LogP) is 1.52. The molecule has 1 amide bonds. The SMILES string of the molecule is CC[C@H](C)[C@@H](NS(=O)(=O)c1ccc(NC(C)=O)c(OC)c1)C(=O)OC. The summed E-state index contributed by atoms with van der Waals surface area (Å²) in [5.74, 6) is -1.02. The molecule has 9 heteroatoms. The number of carbonyl (C=O) groups is 2. The normalized spacial score (nSPS) is 13.6. The van der Waals surface area contributed by atoms with Crippen molar-refractivity contribution in [3.63, 3.8) is 0 Å². The topological polar surface area (TPSA) is 111 Å². The number of methoxy groups -OCH3 is 2. The van der Waals surface area contributed by atoms with Crippen molar-refractivity contribution in [3.8, 4) is 5.75 Å². The molecule has 2 atom stereocenters. The second-order valence-corrected chi connectivity index (χ2v) is 7.26. The number of hydrogen-bond acceptors (Lipinski definition) is 6. The largest absolute Gasteiger partial charge is 0.495 e. The highest BCUT2D eigenvalue weighted by molar-refractivity contribution is 7.89. The van der Waals surface area contributed by atoms with Gasteiger partial charge in [-0.05, 0) is 18.1 Å². The maximum absolute atomic E-state index is 12.6. The van der Waals surface area contributed by atoms with E-state index in [2.05, 4.69) is 14.8 Å². The minimum Gasteiger partial charge on any atom is -0.495 e. The molecule has 8 nitrogen and oxygen atoms in total. The van der Waals surface area contributed by atoms with Gasteiger partial charge in [-0.25, -0.2) is 8.42 Å². The Bertz CT molecular complexity index is 732. The minimum atomic E-state index is -3.99. The lowest BCUT2D eigenvalue weighted by Crippen LogP contribution is -2.45. The van der Waals surface area contributed by atoms with Crippen LogP contribution in [0, 0.1) is 5.92 Å². The fourth-order valence-electron chi connectivity index (χ4n) is 2.13. The molecule has 0 heterocycles. The van der Waals surface area contributed by atoms with E-state index in [9.17, 15) is 18.0 Å². The lowest BCUT2D eigenvalue weighted by molar-refractivity contribution is -0.143. The summed E-state index contributed by atoms with van der Waals surface area (Å²) in [5, 5.41) is 2.55. The zero-order chi connectivity index (χ0) is 19.2. The number of sulfonamides is 1. The smallest absolute Gasteiger partial charge is 0.324 e. The van der Waals surface area contributed by atoms with Crippen molar-refractivity contribution in [1.29, 1.82) is 0 Å². The second-order valence-electron chi connectivity index (χ2n) is 5.55. The van der Waals surface area contributed by atoms with E-state index in [1.807, 2.05) is 6.92 Å². The molecule has 1 aromatic rings. The lowest BCUT2D eigenvalue weighted by atomic mass is 10.0. The first-order valence-corrected chi connectivity index (χ1v) is 9.20. The molecule has 0 aromatic heterocycles. The first kappa shape index (κ1) is 20.9. The summed E-state index contributed by atoms with van der Waals surface area (Å²) < 4.78 is 37.4. The first-order valence-electron chi connectivity index (χ1n) is 7.72. The number of anilines is 1. The van der Waals surface area contributed by atoms with Crippen molar-refractivity contribution in [2.45, 2.75) is 38.1 Å².